The minimum absolute atomic E-state index is 0.378. The van der Waals surface area contributed by atoms with Crippen molar-refractivity contribution in [2.45, 2.75) is 45.1 Å². The van der Waals surface area contributed by atoms with Crippen LogP contribution in [0.4, 0.5) is 0 Å². The Labute approximate surface area is 97.6 Å². The zero-order valence-corrected chi connectivity index (χ0v) is 10.1. The van der Waals surface area contributed by atoms with Crippen LogP contribution in [0, 0.1) is 11.8 Å². The quantitative estimate of drug-likeness (QED) is 0.638. The van der Waals surface area contributed by atoms with Gasteiger partial charge in [0.2, 0.25) is 0 Å². The summed E-state index contributed by atoms with van der Waals surface area (Å²) in [4.78, 5) is 10.5. The Kier molecular flexibility index (Phi) is 5.77. The van der Waals surface area contributed by atoms with Crippen LogP contribution in [0.5, 0.6) is 0 Å². The highest BCUT2D eigenvalue weighted by Gasteiger charge is 2.20. The fraction of sp³-hybridized carbons (Fsp3) is 0.917. The molecular weight excluding hydrogens is 204 g/mol. The smallest absolute Gasteiger partial charge is 0.321 e. The first-order valence-corrected chi connectivity index (χ1v) is 6.32. The zero-order chi connectivity index (χ0) is 12.0. The molecule has 0 aliphatic heterocycles. The van der Waals surface area contributed by atoms with E-state index in [4.69, 9.17) is 10.8 Å². The molecule has 1 aliphatic carbocycles. The van der Waals surface area contributed by atoms with Gasteiger partial charge in [-0.2, -0.15) is 0 Å². The Morgan fingerprint density at radius 2 is 1.94 bits per heavy atom. The van der Waals surface area contributed by atoms with Crippen LogP contribution in [0.25, 0.3) is 0 Å². The van der Waals surface area contributed by atoms with E-state index in [2.05, 4.69) is 12.2 Å². The average Bonchev–Trinajstić information content (AvgIpc) is 2.29. The Balaban J connectivity index is 2.08. The van der Waals surface area contributed by atoms with Crippen molar-refractivity contribution >= 4 is 5.97 Å². The Bertz CT molecular complexity index is 213. The summed E-state index contributed by atoms with van der Waals surface area (Å²) in [5, 5.41) is 11.8. The minimum Gasteiger partial charge on any atom is -0.480 e. The molecule has 4 nitrogen and oxygen atoms in total. The third-order valence-electron chi connectivity index (χ3n) is 3.66. The van der Waals surface area contributed by atoms with Crippen LogP contribution in [0.3, 0.4) is 0 Å². The number of nitrogens with two attached hydrogens (primary N) is 1. The molecule has 1 unspecified atom stereocenters. The van der Waals surface area contributed by atoms with Gasteiger partial charge in [-0.3, -0.25) is 4.79 Å². The molecule has 1 fully saturated rings. The van der Waals surface area contributed by atoms with Crippen molar-refractivity contribution in [2.75, 3.05) is 13.1 Å². The van der Waals surface area contributed by atoms with Crippen LogP contribution in [-0.2, 0) is 4.79 Å². The van der Waals surface area contributed by atoms with E-state index in [1.54, 1.807) is 0 Å². The lowest BCUT2D eigenvalue weighted by atomic mass is 9.81. The molecule has 0 spiro atoms. The van der Waals surface area contributed by atoms with Crippen molar-refractivity contribution in [3.63, 3.8) is 0 Å². The molecular formula is C12H24N2O2. The van der Waals surface area contributed by atoms with Gasteiger partial charge < -0.3 is 16.2 Å². The molecule has 1 rings (SSSR count). The number of nitrogens with one attached hydrogen (secondary N) is 1. The van der Waals surface area contributed by atoms with Gasteiger partial charge in [0.1, 0.15) is 6.04 Å². The van der Waals surface area contributed by atoms with Crippen molar-refractivity contribution in [1.82, 2.24) is 5.32 Å². The van der Waals surface area contributed by atoms with Gasteiger partial charge in [-0.25, -0.2) is 0 Å². The van der Waals surface area contributed by atoms with E-state index >= 15 is 0 Å². The van der Waals surface area contributed by atoms with Crippen LogP contribution in [-0.4, -0.2) is 30.2 Å². The van der Waals surface area contributed by atoms with Crippen molar-refractivity contribution in [3.8, 4) is 0 Å². The van der Waals surface area contributed by atoms with E-state index in [9.17, 15) is 4.79 Å². The molecule has 94 valence electrons. The SMILES string of the molecule is CCC1CCC(CNCC(N)C(=O)O)CC1. The molecule has 0 aromatic rings. The van der Waals surface area contributed by atoms with E-state index in [1.807, 2.05) is 0 Å². The van der Waals surface area contributed by atoms with Crippen molar-refractivity contribution in [1.29, 1.82) is 0 Å². The van der Waals surface area contributed by atoms with Crippen molar-refractivity contribution < 1.29 is 9.90 Å². The predicted octanol–water partition coefficient (Wildman–Crippen LogP) is 1.20. The van der Waals surface area contributed by atoms with Crippen LogP contribution >= 0.6 is 0 Å². The number of rotatable bonds is 6. The summed E-state index contributed by atoms with van der Waals surface area (Å²) >= 11 is 0. The van der Waals surface area contributed by atoms with Crippen molar-refractivity contribution in [3.05, 3.63) is 0 Å². The van der Waals surface area contributed by atoms with Crippen LogP contribution in [0.2, 0.25) is 0 Å². The van der Waals surface area contributed by atoms with E-state index < -0.39 is 12.0 Å². The highest BCUT2D eigenvalue weighted by atomic mass is 16.4. The van der Waals surface area contributed by atoms with Gasteiger partial charge in [-0.1, -0.05) is 26.2 Å². The number of hydrogen-bond donors (Lipinski definition) is 3. The number of aliphatic carboxylic acids is 1. The monoisotopic (exact) mass is 228 g/mol. The number of carboxylic acid groups (broad SMARTS) is 1. The summed E-state index contributed by atoms with van der Waals surface area (Å²) in [6, 6.07) is -0.771. The maximum Gasteiger partial charge on any atom is 0.321 e. The molecule has 16 heavy (non-hydrogen) atoms. The second-order valence-electron chi connectivity index (χ2n) is 4.90. The zero-order valence-electron chi connectivity index (χ0n) is 10.1. The number of carboxylic acids is 1. The number of carbonyl (C=O) groups is 1. The second kappa shape index (κ2) is 6.86. The molecule has 1 aliphatic rings. The summed E-state index contributed by atoms with van der Waals surface area (Å²) in [6.45, 7) is 3.55. The summed E-state index contributed by atoms with van der Waals surface area (Å²) in [5.74, 6) is 0.698. The molecule has 1 atom stereocenters. The maximum atomic E-state index is 10.5. The normalized spacial score (nSPS) is 27.6. The minimum atomic E-state index is -0.929. The summed E-state index contributed by atoms with van der Waals surface area (Å²) in [7, 11) is 0. The lowest BCUT2D eigenvalue weighted by molar-refractivity contribution is -0.138. The van der Waals surface area contributed by atoms with Gasteiger partial charge in [-0.05, 0) is 31.2 Å². The van der Waals surface area contributed by atoms with E-state index in [0.717, 1.165) is 12.5 Å². The topological polar surface area (TPSA) is 75.3 Å². The Hall–Kier alpha value is -0.610. The lowest BCUT2D eigenvalue weighted by Crippen LogP contribution is -2.42. The first-order chi connectivity index (χ1) is 7.63. The van der Waals surface area contributed by atoms with E-state index in [-0.39, 0.29) is 0 Å². The van der Waals surface area contributed by atoms with Gasteiger partial charge in [0.25, 0.3) is 0 Å². The van der Waals surface area contributed by atoms with Gasteiger partial charge in [0.15, 0.2) is 0 Å². The molecule has 0 heterocycles. The third kappa shape index (κ3) is 4.49. The molecule has 0 aromatic carbocycles. The van der Waals surface area contributed by atoms with Gasteiger partial charge >= 0.3 is 5.97 Å². The Morgan fingerprint density at radius 1 is 1.38 bits per heavy atom. The number of hydrogen-bond acceptors (Lipinski definition) is 3. The maximum absolute atomic E-state index is 10.5. The summed E-state index contributed by atoms with van der Waals surface area (Å²) < 4.78 is 0. The highest BCUT2D eigenvalue weighted by molar-refractivity contribution is 5.73. The van der Waals surface area contributed by atoms with E-state index in [1.165, 1.54) is 32.1 Å². The van der Waals surface area contributed by atoms with Gasteiger partial charge in [-0.15, -0.1) is 0 Å². The summed E-state index contributed by atoms with van der Waals surface area (Å²) in [5.41, 5.74) is 5.41. The fourth-order valence-corrected chi connectivity index (χ4v) is 2.37. The third-order valence-corrected chi connectivity index (χ3v) is 3.66. The predicted molar refractivity (Wildman–Crippen MR) is 64.2 cm³/mol. The molecule has 4 N–H and O–H groups in total. The molecule has 4 heteroatoms. The van der Waals surface area contributed by atoms with Crippen LogP contribution < -0.4 is 11.1 Å². The average molecular weight is 228 g/mol. The Morgan fingerprint density at radius 3 is 2.44 bits per heavy atom. The highest BCUT2D eigenvalue weighted by Crippen LogP contribution is 2.29. The van der Waals surface area contributed by atoms with Gasteiger partial charge in [0, 0.05) is 6.54 Å². The van der Waals surface area contributed by atoms with Gasteiger partial charge in [0.05, 0.1) is 0 Å². The first kappa shape index (κ1) is 13.5. The molecule has 0 aromatic heterocycles. The molecule has 0 bridgehead atoms. The first-order valence-electron chi connectivity index (χ1n) is 6.32. The second-order valence-corrected chi connectivity index (χ2v) is 4.90. The van der Waals surface area contributed by atoms with Crippen molar-refractivity contribution in [2.24, 2.45) is 17.6 Å². The lowest BCUT2D eigenvalue weighted by Gasteiger charge is -2.28. The van der Waals surface area contributed by atoms with E-state index in [0.29, 0.717) is 12.5 Å². The van der Waals surface area contributed by atoms with Crippen LogP contribution in [0.15, 0.2) is 0 Å². The fourth-order valence-electron chi connectivity index (χ4n) is 2.37. The molecule has 0 amide bonds. The molecule has 0 saturated heterocycles. The molecule has 0 radical (unpaired) electrons. The standard InChI is InChI=1S/C12H24N2O2/c1-2-9-3-5-10(6-4-9)7-14-8-11(13)12(15)16/h9-11,14H,2-8,13H2,1H3,(H,15,16). The largest absolute Gasteiger partial charge is 0.480 e. The molecule has 1 saturated carbocycles. The summed E-state index contributed by atoms with van der Waals surface area (Å²) in [6.07, 6.45) is 6.49. The van der Waals surface area contributed by atoms with Crippen LogP contribution in [0.1, 0.15) is 39.0 Å².